The van der Waals surface area contributed by atoms with Crippen molar-refractivity contribution in [1.82, 2.24) is 4.72 Å². The van der Waals surface area contributed by atoms with Gasteiger partial charge >= 0.3 is 0 Å². The molecule has 0 unspecified atom stereocenters. The lowest BCUT2D eigenvalue weighted by Crippen LogP contribution is -2.40. The first-order valence-electron chi connectivity index (χ1n) is 4.48. The van der Waals surface area contributed by atoms with Crippen molar-refractivity contribution in [1.29, 1.82) is 0 Å². The third-order valence-corrected chi connectivity index (χ3v) is 3.13. The molecule has 0 fully saturated rings. The molecule has 1 heterocycles. The van der Waals surface area contributed by atoms with Crippen LogP contribution < -0.4 is 4.72 Å². The van der Waals surface area contributed by atoms with Crippen molar-refractivity contribution < 1.29 is 17.9 Å². The standard InChI is InChI=1S/C9H15NO4S/c1-9(2,3)10-15(12,13)8-5-4-7(6-11)14-8/h4-5,10-11H,6H2,1-3H3. The number of rotatable bonds is 3. The topological polar surface area (TPSA) is 79.5 Å². The van der Waals surface area contributed by atoms with Crippen LogP contribution in [0, 0.1) is 0 Å². The van der Waals surface area contributed by atoms with E-state index in [4.69, 9.17) is 9.52 Å². The summed E-state index contributed by atoms with van der Waals surface area (Å²) >= 11 is 0. The Labute approximate surface area is 89.2 Å². The van der Waals surface area contributed by atoms with Crippen molar-refractivity contribution in [2.45, 2.75) is 38.0 Å². The highest BCUT2D eigenvalue weighted by Crippen LogP contribution is 2.16. The normalized spacial score (nSPS) is 13.1. The summed E-state index contributed by atoms with van der Waals surface area (Å²) in [7, 11) is -3.64. The molecule has 86 valence electrons. The first-order valence-corrected chi connectivity index (χ1v) is 5.96. The van der Waals surface area contributed by atoms with Crippen LogP contribution in [-0.4, -0.2) is 19.1 Å². The van der Waals surface area contributed by atoms with E-state index in [0.717, 1.165) is 0 Å². The van der Waals surface area contributed by atoms with E-state index in [1.54, 1.807) is 20.8 Å². The molecule has 1 aromatic rings. The first-order chi connectivity index (χ1) is 6.74. The Morgan fingerprint density at radius 2 is 2.00 bits per heavy atom. The Balaban J connectivity index is 2.96. The van der Waals surface area contributed by atoms with Crippen LogP contribution in [0.2, 0.25) is 0 Å². The average Bonchev–Trinajstić information content (AvgIpc) is 2.47. The quantitative estimate of drug-likeness (QED) is 0.811. The summed E-state index contributed by atoms with van der Waals surface area (Å²) in [6.07, 6.45) is 0. The van der Waals surface area contributed by atoms with Crippen molar-refractivity contribution in [2.24, 2.45) is 0 Å². The highest BCUT2D eigenvalue weighted by molar-refractivity contribution is 7.89. The van der Waals surface area contributed by atoms with Gasteiger partial charge in [0.15, 0.2) is 0 Å². The van der Waals surface area contributed by atoms with Crippen LogP contribution in [0.5, 0.6) is 0 Å². The molecule has 0 aliphatic carbocycles. The van der Waals surface area contributed by atoms with Crippen LogP contribution in [0.3, 0.4) is 0 Å². The Bertz CT molecular complexity index is 427. The van der Waals surface area contributed by atoms with Gasteiger partial charge in [-0.2, -0.15) is 0 Å². The van der Waals surface area contributed by atoms with Gasteiger partial charge in [-0.3, -0.25) is 0 Å². The van der Waals surface area contributed by atoms with Crippen LogP contribution in [-0.2, 0) is 16.6 Å². The summed E-state index contributed by atoms with van der Waals surface area (Å²) in [5.74, 6) is 0.226. The fourth-order valence-electron chi connectivity index (χ4n) is 1.04. The fraction of sp³-hybridized carbons (Fsp3) is 0.556. The predicted molar refractivity (Wildman–Crippen MR) is 54.7 cm³/mol. The summed E-state index contributed by atoms with van der Waals surface area (Å²) in [6.45, 7) is 4.90. The lowest BCUT2D eigenvalue weighted by molar-refractivity contribution is 0.236. The van der Waals surface area contributed by atoms with E-state index < -0.39 is 15.6 Å². The van der Waals surface area contributed by atoms with Crippen LogP contribution >= 0.6 is 0 Å². The van der Waals surface area contributed by atoms with Gasteiger partial charge < -0.3 is 9.52 Å². The van der Waals surface area contributed by atoms with E-state index in [9.17, 15) is 8.42 Å². The molecule has 0 spiro atoms. The van der Waals surface area contributed by atoms with E-state index in [0.29, 0.717) is 0 Å². The van der Waals surface area contributed by atoms with Gasteiger partial charge in [-0.15, -0.1) is 0 Å². The zero-order valence-electron chi connectivity index (χ0n) is 8.94. The maximum atomic E-state index is 11.7. The molecular weight excluding hydrogens is 218 g/mol. The molecule has 0 atom stereocenters. The minimum absolute atomic E-state index is 0.179. The van der Waals surface area contributed by atoms with Gasteiger partial charge in [0.05, 0.1) is 0 Å². The molecule has 0 saturated heterocycles. The fourth-order valence-corrected chi connectivity index (χ4v) is 2.41. The molecule has 5 nitrogen and oxygen atoms in total. The Kier molecular flexibility index (Phi) is 3.22. The van der Waals surface area contributed by atoms with Crippen molar-refractivity contribution in [2.75, 3.05) is 0 Å². The summed E-state index contributed by atoms with van der Waals surface area (Å²) in [4.78, 5) is 0. The largest absolute Gasteiger partial charge is 0.446 e. The molecule has 0 amide bonds. The SMILES string of the molecule is CC(C)(C)NS(=O)(=O)c1ccc(CO)o1. The van der Waals surface area contributed by atoms with Crippen LogP contribution in [0.15, 0.2) is 21.6 Å². The van der Waals surface area contributed by atoms with Crippen molar-refractivity contribution >= 4 is 10.0 Å². The van der Waals surface area contributed by atoms with Crippen molar-refractivity contribution in [3.63, 3.8) is 0 Å². The minimum atomic E-state index is -3.64. The summed E-state index contributed by atoms with van der Waals surface area (Å²) in [5, 5.41) is 8.56. The second-order valence-corrected chi connectivity index (χ2v) is 5.85. The molecule has 15 heavy (non-hydrogen) atoms. The second-order valence-electron chi connectivity index (χ2n) is 4.23. The summed E-state index contributed by atoms with van der Waals surface area (Å²) < 4.78 is 30.8. The van der Waals surface area contributed by atoms with E-state index in [1.165, 1.54) is 12.1 Å². The Morgan fingerprint density at radius 1 is 1.40 bits per heavy atom. The van der Waals surface area contributed by atoms with Gasteiger partial charge in [-0.25, -0.2) is 13.1 Å². The molecule has 0 radical (unpaired) electrons. The maximum absolute atomic E-state index is 11.7. The molecule has 0 aromatic carbocycles. The predicted octanol–water partition coefficient (Wildman–Crippen LogP) is 0.849. The molecule has 0 aliphatic rings. The van der Waals surface area contributed by atoms with E-state index >= 15 is 0 Å². The first kappa shape index (κ1) is 12.2. The smallest absolute Gasteiger partial charge is 0.274 e. The van der Waals surface area contributed by atoms with Gasteiger partial charge in [-0.05, 0) is 32.9 Å². The third-order valence-electron chi connectivity index (χ3n) is 1.50. The molecule has 1 aromatic heterocycles. The van der Waals surface area contributed by atoms with Gasteiger partial charge in [0.2, 0.25) is 5.09 Å². The van der Waals surface area contributed by atoms with Gasteiger partial charge in [0, 0.05) is 5.54 Å². The maximum Gasteiger partial charge on any atom is 0.274 e. The number of furan rings is 1. The summed E-state index contributed by atoms with van der Waals surface area (Å²) in [5.41, 5.74) is -0.564. The van der Waals surface area contributed by atoms with Crippen molar-refractivity contribution in [3.05, 3.63) is 17.9 Å². The highest BCUT2D eigenvalue weighted by Gasteiger charge is 2.24. The molecule has 0 bridgehead atoms. The zero-order chi connectivity index (χ0) is 11.7. The number of aliphatic hydroxyl groups excluding tert-OH is 1. The van der Waals surface area contributed by atoms with E-state index in [1.807, 2.05) is 0 Å². The van der Waals surface area contributed by atoms with Gasteiger partial charge in [0.1, 0.15) is 12.4 Å². The van der Waals surface area contributed by atoms with Gasteiger partial charge in [-0.1, -0.05) is 0 Å². The van der Waals surface area contributed by atoms with E-state index in [2.05, 4.69) is 4.72 Å². The molecule has 0 aliphatic heterocycles. The Morgan fingerprint density at radius 3 is 2.40 bits per heavy atom. The number of aliphatic hydroxyl groups is 1. The lowest BCUT2D eigenvalue weighted by Gasteiger charge is -2.18. The van der Waals surface area contributed by atoms with Crippen LogP contribution in [0.1, 0.15) is 26.5 Å². The van der Waals surface area contributed by atoms with E-state index in [-0.39, 0.29) is 17.5 Å². The number of sulfonamides is 1. The third kappa shape index (κ3) is 3.33. The summed E-state index contributed by atoms with van der Waals surface area (Å²) in [6, 6.07) is 2.75. The number of hydrogen-bond donors (Lipinski definition) is 2. The number of hydrogen-bond acceptors (Lipinski definition) is 4. The molecule has 2 N–H and O–H groups in total. The monoisotopic (exact) mass is 233 g/mol. The number of nitrogens with one attached hydrogen (secondary N) is 1. The minimum Gasteiger partial charge on any atom is -0.446 e. The molecule has 0 saturated carbocycles. The molecule has 1 rings (SSSR count). The molecular formula is C9H15NO4S. The van der Waals surface area contributed by atoms with Crippen molar-refractivity contribution in [3.8, 4) is 0 Å². The van der Waals surface area contributed by atoms with Gasteiger partial charge in [0.25, 0.3) is 10.0 Å². The second kappa shape index (κ2) is 3.96. The Hall–Kier alpha value is -0.850. The highest BCUT2D eigenvalue weighted by atomic mass is 32.2. The lowest BCUT2D eigenvalue weighted by atomic mass is 10.1. The molecule has 6 heteroatoms. The van der Waals surface area contributed by atoms with Crippen LogP contribution in [0.25, 0.3) is 0 Å². The average molecular weight is 233 g/mol. The van der Waals surface area contributed by atoms with Crippen LogP contribution in [0.4, 0.5) is 0 Å². The zero-order valence-corrected chi connectivity index (χ0v) is 9.76.